The van der Waals surface area contributed by atoms with Gasteiger partial charge < -0.3 is 19.3 Å². The van der Waals surface area contributed by atoms with Crippen LogP contribution in [0.2, 0.25) is 0 Å². The fraction of sp³-hybridized carbons (Fsp3) is 0.0886. The monoisotopic (exact) mass is 1070 g/mol. The highest BCUT2D eigenvalue weighted by atomic mass is 16.5. The van der Waals surface area contributed by atoms with Gasteiger partial charge in [-0.05, 0) is 214 Å². The standard InChI is InChI=1S/C79H62N2O2/c1-5-82-69-21-13-19-61(49-69)57-31-39-65(40-32-57)81(66-41-33-58(34-42-66)62-20-14-22-70(50-62)83-6-2)68-44-46-74-73-45-43-67(51-77(73)79(78(74)52-68)75-25-9-7-23-71(75)72-24-8-10-26-76(72)79)80(63-35-27-55(28-36-63)59-17-11-15-53(3)47-59)64-37-29-56(30-38-64)60-18-12-16-54(4)48-60/h7-52H,5-6H2,1-4H3. The normalized spacial score (nSPS) is 12.3. The van der Waals surface area contributed by atoms with Gasteiger partial charge in [0.1, 0.15) is 11.5 Å². The summed E-state index contributed by atoms with van der Waals surface area (Å²) in [7, 11) is 0. The van der Waals surface area contributed by atoms with E-state index in [-0.39, 0.29) is 0 Å². The fourth-order valence-corrected chi connectivity index (χ4v) is 13.0. The first-order valence-electron chi connectivity index (χ1n) is 28.9. The Morgan fingerprint density at radius 2 is 0.578 bits per heavy atom. The van der Waals surface area contributed by atoms with E-state index in [4.69, 9.17) is 9.47 Å². The molecule has 0 fully saturated rings. The molecule has 0 saturated heterocycles. The SMILES string of the molecule is CCOc1cccc(-c2ccc(N(c3ccc(-c4cccc(OCC)c4)cc3)c3ccc4c(c3)C3(c5ccccc5-c5ccccc53)c3cc(N(c5ccc(-c6cccc(C)c6)cc5)c5ccc(-c6cccc(C)c6)cc5)ccc3-4)cc2)c1. The quantitative estimate of drug-likeness (QED) is 0.108. The first-order valence-corrected chi connectivity index (χ1v) is 28.9. The zero-order valence-corrected chi connectivity index (χ0v) is 47.2. The number of fused-ring (bicyclic) bond motifs is 10. The van der Waals surface area contributed by atoms with Crippen LogP contribution >= 0.6 is 0 Å². The number of hydrogen-bond acceptors (Lipinski definition) is 4. The molecule has 0 aliphatic heterocycles. The zero-order chi connectivity index (χ0) is 56.0. The molecule has 2 aliphatic carbocycles. The van der Waals surface area contributed by atoms with Gasteiger partial charge in [-0.15, -0.1) is 0 Å². The average molecular weight is 1070 g/mol. The molecule has 0 unspecified atom stereocenters. The molecule has 0 heterocycles. The van der Waals surface area contributed by atoms with Crippen LogP contribution in [0.3, 0.4) is 0 Å². The molecule has 12 aromatic rings. The minimum atomic E-state index is -0.643. The minimum absolute atomic E-state index is 0.617. The molecule has 0 atom stereocenters. The molecule has 2 aliphatic rings. The van der Waals surface area contributed by atoms with Gasteiger partial charge in [-0.25, -0.2) is 0 Å². The molecule has 0 radical (unpaired) electrons. The Hall–Kier alpha value is -10.2. The van der Waals surface area contributed by atoms with Crippen molar-refractivity contribution in [2.75, 3.05) is 23.0 Å². The molecule has 14 rings (SSSR count). The van der Waals surface area contributed by atoms with E-state index in [2.05, 4.69) is 291 Å². The van der Waals surface area contributed by atoms with Crippen LogP contribution < -0.4 is 19.3 Å². The molecule has 0 aromatic heterocycles. The highest BCUT2D eigenvalue weighted by Crippen LogP contribution is 2.64. The third-order valence-corrected chi connectivity index (χ3v) is 16.7. The molecule has 0 saturated carbocycles. The molecule has 0 amide bonds. The number of nitrogens with zero attached hydrogens (tertiary/aromatic N) is 2. The summed E-state index contributed by atoms with van der Waals surface area (Å²) in [5.74, 6) is 1.73. The number of anilines is 6. The van der Waals surface area contributed by atoms with E-state index >= 15 is 0 Å². The molecule has 0 bridgehead atoms. The Balaban J connectivity index is 0.941. The van der Waals surface area contributed by atoms with Crippen molar-refractivity contribution in [1.29, 1.82) is 0 Å². The van der Waals surface area contributed by atoms with Crippen LogP contribution in [0.4, 0.5) is 34.1 Å². The van der Waals surface area contributed by atoms with Gasteiger partial charge in [0.25, 0.3) is 0 Å². The summed E-state index contributed by atoms with van der Waals surface area (Å²) in [6, 6.07) is 103. The molecule has 400 valence electrons. The summed E-state index contributed by atoms with van der Waals surface area (Å²) in [5, 5.41) is 0. The first-order chi connectivity index (χ1) is 40.8. The smallest absolute Gasteiger partial charge is 0.119 e. The lowest BCUT2D eigenvalue weighted by Gasteiger charge is -2.33. The second kappa shape index (κ2) is 21.4. The molecule has 83 heavy (non-hydrogen) atoms. The lowest BCUT2D eigenvalue weighted by molar-refractivity contribution is 0.340. The number of aryl methyl sites for hydroxylation is 2. The average Bonchev–Trinajstić information content (AvgIpc) is 1.66. The molecule has 1 spiro atoms. The number of ether oxygens (including phenoxy) is 2. The third kappa shape index (κ3) is 9.14. The molecule has 4 heteroatoms. The maximum absolute atomic E-state index is 5.93. The summed E-state index contributed by atoms with van der Waals surface area (Å²) in [5.41, 5.74) is 27.6. The maximum atomic E-state index is 5.93. The van der Waals surface area contributed by atoms with Crippen molar-refractivity contribution in [3.05, 3.63) is 312 Å². The lowest BCUT2D eigenvalue weighted by Crippen LogP contribution is -2.26. The van der Waals surface area contributed by atoms with E-state index in [1.54, 1.807) is 0 Å². The molecular weight excluding hydrogens is 1010 g/mol. The van der Waals surface area contributed by atoms with Gasteiger partial charge in [0.2, 0.25) is 0 Å². The van der Waals surface area contributed by atoms with Crippen molar-refractivity contribution in [2.24, 2.45) is 0 Å². The van der Waals surface area contributed by atoms with Crippen molar-refractivity contribution in [3.8, 4) is 78.3 Å². The van der Waals surface area contributed by atoms with E-state index in [1.807, 2.05) is 26.0 Å². The van der Waals surface area contributed by atoms with E-state index in [0.29, 0.717) is 13.2 Å². The van der Waals surface area contributed by atoms with Crippen molar-refractivity contribution in [1.82, 2.24) is 0 Å². The Bertz CT molecular complexity index is 4140. The molecular formula is C79H62N2O2. The van der Waals surface area contributed by atoms with Crippen LogP contribution in [0.25, 0.3) is 66.8 Å². The van der Waals surface area contributed by atoms with Crippen LogP contribution in [-0.4, -0.2) is 13.2 Å². The van der Waals surface area contributed by atoms with E-state index < -0.39 is 5.41 Å². The van der Waals surface area contributed by atoms with Crippen molar-refractivity contribution < 1.29 is 9.47 Å². The van der Waals surface area contributed by atoms with Gasteiger partial charge in [0, 0.05) is 34.1 Å². The van der Waals surface area contributed by atoms with Crippen molar-refractivity contribution >= 4 is 34.1 Å². The summed E-state index contributed by atoms with van der Waals surface area (Å²) >= 11 is 0. The minimum Gasteiger partial charge on any atom is -0.494 e. The number of hydrogen-bond donors (Lipinski definition) is 0. The Morgan fingerprint density at radius 3 is 0.928 bits per heavy atom. The highest BCUT2D eigenvalue weighted by Gasteiger charge is 2.52. The van der Waals surface area contributed by atoms with Crippen LogP contribution in [-0.2, 0) is 5.41 Å². The van der Waals surface area contributed by atoms with Crippen molar-refractivity contribution in [2.45, 2.75) is 33.1 Å². The summed E-state index contributed by atoms with van der Waals surface area (Å²) in [4.78, 5) is 4.85. The fourth-order valence-electron chi connectivity index (χ4n) is 13.0. The third-order valence-electron chi connectivity index (χ3n) is 16.7. The first kappa shape index (κ1) is 51.0. The van der Waals surface area contributed by atoms with Crippen LogP contribution in [0.1, 0.15) is 47.2 Å². The van der Waals surface area contributed by atoms with Gasteiger partial charge >= 0.3 is 0 Å². The predicted octanol–water partition coefficient (Wildman–Crippen LogP) is 21.1. The van der Waals surface area contributed by atoms with Crippen LogP contribution in [0.15, 0.2) is 279 Å². The van der Waals surface area contributed by atoms with E-state index in [1.165, 1.54) is 77.9 Å². The highest BCUT2D eigenvalue weighted by molar-refractivity contribution is 5.98. The second-order valence-corrected chi connectivity index (χ2v) is 21.8. The zero-order valence-electron chi connectivity index (χ0n) is 47.2. The largest absolute Gasteiger partial charge is 0.494 e. The Morgan fingerprint density at radius 1 is 0.265 bits per heavy atom. The van der Waals surface area contributed by atoms with Gasteiger partial charge in [-0.3, -0.25) is 0 Å². The van der Waals surface area contributed by atoms with Crippen LogP contribution in [0, 0.1) is 13.8 Å². The van der Waals surface area contributed by atoms with Crippen LogP contribution in [0.5, 0.6) is 11.5 Å². The maximum Gasteiger partial charge on any atom is 0.119 e. The molecule has 0 N–H and O–H groups in total. The Labute approximate surface area is 487 Å². The van der Waals surface area contributed by atoms with Gasteiger partial charge in [-0.2, -0.15) is 0 Å². The molecule has 4 nitrogen and oxygen atoms in total. The number of rotatable bonds is 14. The molecule has 12 aromatic carbocycles. The lowest BCUT2D eigenvalue weighted by atomic mass is 9.70. The van der Waals surface area contributed by atoms with Gasteiger partial charge in [0.05, 0.1) is 18.6 Å². The summed E-state index contributed by atoms with van der Waals surface area (Å²) in [6.07, 6.45) is 0. The Kier molecular flexibility index (Phi) is 13.1. The van der Waals surface area contributed by atoms with Gasteiger partial charge in [0.15, 0.2) is 0 Å². The summed E-state index contributed by atoms with van der Waals surface area (Å²) in [6.45, 7) is 9.60. The van der Waals surface area contributed by atoms with E-state index in [9.17, 15) is 0 Å². The van der Waals surface area contributed by atoms with E-state index in [0.717, 1.165) is 67.9 Å². The van der Waals surface area contributed by atoms with Gasteiger partial charge in [-0.1, -0.05) is 193 Å². The topological polar surface area (TPSA) is 24.9 Å². The predicted molar refractivity (Wildman–Crippen MR) is 346 cm³/mol. The summed E-state index contributed by atoms with van der Waals surface area (Å²) < 4.78 is 11.9. The second-order valence-electron chi connectivity index (χ2n) is 21.8. The number of benzene rings is 12. The van der Waals surface area contributed by atoms with Crippen molar-refractivity contribution in [3.63, 3.8) is 0 Å².